The Morgan fingerprint density at radius 3 is 2.72 bits per heavy atom. The van der Waals surface area contributed by atoms with E-state index in [1.807, 2.05) is 0 Å². The maximum Gasteiger partial charge on any atom is 0.421 e. The number of hydrogen-bond donors (Lipinski definition) is 1. The van der Waals surface area contributed by atoms with Crippen LogP contribution in [0.4, 0.5) is 19.0 Å². The van der Waals surface area contributed by atoms with Crippen LogP contribution in [-0.2, 0) is 12.6 Å². The van der Waals surface area contributed by atoms with Crippen LogP contribution in [0.25, 0.3) is 5.65 Å². The van der Waals surface area contributed by atoms with Crippen LogP contribution in [0.15, 0.2) is 12.3 Å². The molecule has 7 heteroatoms. The quantitative estimate of drug-likeness (QED) is 0.896. The van der Waals surface area contributed by atoms with Gasteiger partial charge >= 0.3 is 6.18 Å². The summed E-state index contributed by atoms with van der Waals surface area (Å²) in [6.07, 6.45) is -0.793. The molecule has 0 aromatic carbocycles. The van der Waals surface area contributed by atoms with Gasteiger partial charge in [0, 0.05) is 11.8 Å². The first kappa shape index (κ1) is 11.3. The van der Waals surface area contributed by atoms with E-state index in [0.717, 1.165) is 23.6 Å². The second-order valence-electron chi connectivity index (χ2n) is 4.61. The van der Waals surface area contributed by atoms with Crippen LogP contribution in [0.2, 0.25) is 0 Å². The van der Waals surface area contributed by atoms with Crippen molar-refractivity contribution in [3.63, 3.8) is 0 Å². The van der Waals surface area contributed by atoms with Crippen molar-refractivity contribution in [3.8, 4) is 0 Å². The molecule has 2 aromatic rings. The lowest BCUT2D eigenvalue weighted by Gasteiger charge is -2.06. The maximum absolute atomic E-state index is 12.8. The van der Waals surface area contributed by atoms with Crippen LogP contribution in [0.5, 0.6) is 0 Å². The molecule has 1 aliphatic carbocycles. The molecule has 96 valence electrons. The Morgan fingerprint density at radius 1 is 1.39 bits per heavy atom. The van der Waals surface area contributed by atoms with E-state index in [2.05, 4.69) is 10.1 Å². The van der Waals surface area contributed by atoms with Gasteiger partial charge in [-0.15, -0.1) is 0 Å². The zero-order valence-electron chi connectivity index (χ0n) is 9.41. The summed E-state index contributed by atoms with van der Waals surface area (Å²) in [5.41, 5.74) is 5.26. The first-order valence-electron chi connectivity index (χ1n) is 5.65. The second kappa shape index (κ2) is 3.60. The molecular formula is C11H11F3N4. The van der Waals surface area contributed by atoms with Crippen LogP contribution in [-0.4, -0.2) is 14.6 Å². The number of fused-ring (bicyclic) bond motifs is 1. The number of nitrogen functional groups attached to an aromatic ring is 1. The Bertz CT molecular complexity index is 598. The Hall–Kier alpha value is -1.79. The summed E-state index contributed by atoms with van der Waals surface area (Å²) < 4.78 is 39.3. The highest BCUT2D eigenvalue weighted by atomic mass is 19.4. The molecule has 0 saturated heterocycles. The summed E-state index contributed by atoms with van der Waals surface area (Å²) in [5.74, 6) is 0.725. The number of halogens is 3. The van der Waals surface area contributed by atoms with Crippen molar-refractivity contribution in [1.29, 1.82) is 0 Å². The fourth-order valence-electron chi connectivity index (χ4n) is 1.96. The van der Waals surface area contributed by atoms with E-state index < -0.39 is 11.7 Å². The van der Waals surface area contributed by atoms with E-state index in [0.29, 0.717) is 18.0 Å². The highest BCUT2D eigenvalue weighted by molar-refractivity contribution is 5.54. The lowest BCUT2D eigenvalue weighted by molar-refractivity contribution is -0.136. The number of rotatable bonds is 2. The highest BCUT2D eigenvalue weighted by Crippen LogP contribution is 2.35. The van der Waals surface area contributed by atoms with E-state index >= 15 is 0 Å². The summed E-state index contributed by atoms with van der Waals surface area (Å²) in [5, 5.41) is 3.63. The van der Waals surface area contributed by atoms with Crippen molar-refractivity contribution in [3.05, 3.63) is 23.5 Å². The van der Waals surface area contributed by atoms with Crippen molar-refractivity contribution < 1.29 is 13.2 Å². The maximum atomic E-state index is 12.8. The minimum atomic E-state index is -4.46. The molecule has 0 atom stereocenters. The van der Waals surface area contributed by atoms with Gasteiger partial charge in [0.25, 0.3) is 0 Å². The van der Waals surface area contributed by atoms with Crippen molar-refractivity contribution in [2.75, 3.05) is 5.73 Å². The molecule has 0 unspecified atom stereocenters. The van der Waals surface area contributed by atoms with Gasteiger partial charge < -0.3 is 5.73 Å². The number of nitrogens with two attached hydrogens (primary N) is 1. The fraction of sp³-hybridized carbons (Fsp3) is 0.455. The monoisotopic (exact) mass is 256 g/mol. The molecular weight excluding hydrogens is 245 g/mol. The summed E-state index contributed by atoms with van der Waals surface area (Å²) >= 11 is 0. The Morgan fingerprint density at radius 2 is 2.11 bits per heavy atom. The van der Waals surface area contributed by atoms with Gasteiger partial charge in [0.15, 0.2) is 5.65 Å². The number of alkyl halides is 3. The molecule has 0 bridgehead atoms. The van der Waals surface area contributed by atoms with Crippen LogP contribution in [0.3, 0.4) is 0 Å². The standard InChI is InChI=1S/C11H11F3N4/c12-11(13,14)8-5-16-18-9(15)4-7(17-10(8)18)3-6-1-2-6/h4-6H,1-3,15H2. The third-order valence-electron chi connectivity index (χ3n) is 3.05. The zero-order valence-corrected chi connectivity index (χ0v) is 9.41. The Labute approximate surface area is 101 Å². The molecule has 18 heavy (non-hydrogen) atoms. The van der Waals surface area contributed by atoms with Crippen LogP contribution >= 0.6 is 0 Å². The average molecular weight is 256 g/mol. The van der Waals surface area contributed by atoms with Gasteiger partial charge in [0.05, 0.1) is 6.20 Å². The third kappa shape index (κ3) is 1.89. The molecule has 0 spiro atoms. The van der Waals surface area contributed by atoms with Gasteiger partial charge in [-0.2, -0.15) is 22.8 Å². The molecule has 0 aliphatic heterocycles. The van der Waals surface area contributed by atoms with Gasteiger partial charge in [-0.1, -0.05) is 0 Å². The van der Waals surface area contributed by atoms with Crippen LogP contribution in [0, 0.1) is 5.92 Å². The second-order valence-corrected chi connectivity index (χ2v) is 4.61. The molecule has 3 rings (SSSR count). The van der Waals surface area contributed by atoms with Crippen molar-refractivity contribution in [1.82, 2.24) is 14.6 Å². The molecule has 4 nitrogen and oxygen atoms in total. The Kier molecular flexibility index (Phi) is 2.26. The van der Waals surface area contributed by atoms with Crippen molar-refractivity contribution in [2.24, 2.45) is 5.92 Å². The third-order valence-corrected chi connectivity index (χ3v) is 3.05. The molecule has 0 radical (unpaired) electrons. The molecule has 1 aliphatic rings. The lowest BCUT2D eigenvalue weighted by Crippen LogP contribution is -2.08. The molecule has 2 heterocycles. The topological polar surface area (TPSA) is 56.2 Å². The van der Waals surface area contributed by atoms with E-state index in [1.165, 1.54) is 0 Å². The minimum absolute atomic E-state index is 0.186. The van der Waals surface area contributed by atoms with Gasteiger partial charge in [-0.25, -0.2) is 4.98 Å². The first-order chi connectivity index (χ1) is 8.45. The van der Waals surface area contributed by atoms with Crippen molar-refractivity contribution in [2.45, 2.75) is 25.4 Å². The average Bonchev–Trinajstić information content (AvgIpc) is 2.93. The summed E-state index contributed by atoms with van der Waals surface area (Å²) in [6.45, 7) is 0. The van der Waals surface area contributed by atoms with E-state index in [4.69, 9.17) is 5.73 Å². The summed E-state index contributed by atoms with van der Waals surface area (Å²) in [7, 11) is 0. The fourth-order valence-corrected chi connectivity index (χ4v) is 1.96. The first-order valence-corrected chi connectivity index (χ1v) is 5.65. The predicted octanol–water partition coefficient (Wildman–Crippen LogP) is 2.28. The van der Waals surface area contributed by atoms with E-state index in [9.17, 15) is 13.2 Å². The van der Waals surface area contributed by atoms with Gasteiger partial charge in [-0.3, -0.25) is 0 Å². The summed E-state index contributed by atoms with van der Waals surface area (Å²) in [4.78, 5) is 4.04. The number of anilines is 1. The molecule has 1 saturated carbocycles. The minimum Gasteiger partial charge on any atom is -0.384 e. The van der Waals surface area contributed by atoms with Gasteiger partial charge in [0.1, 0.15) is 11.4 Å². The number of nitrogens with zero attached hydrogens (tertiary/aromatic N) is 3. The molecule has 2 aromatic heterocycles. The van der Waals surface area contributed by atoms with Crippen molar-refractivity contribution >= 4 is 11.5 Å². The largest absolute Gasteiger partial charge is 0.421 e. The number of aromatic nitrogens is 3. The molecule has 1 fully saturated rings. The van der Waals surface area contributed by atoms with Crippen LogP contribution in [0.1, 0.15) is 24.1 Å². The van der Waals surface area contributed by atoms with Gasteiger partial charge in [-0.05, 0) is 25.2 Å². The Balaban J connectivity index is 2.13. The highest BCUT2D eigenvalue weighted by Gasteiger charge is 2.35. The number of hydrogen-bond acceptors (Lipinski definition) is 3. The van der Waals surface area contributed by atoms with E-state index in [1.54, 1.807) is 6.07 Å². The molecule has 2 N–H and O–H groups in total. The smallest absolute Gasteiger partial charge is 0.384 e. The normalized spacial score (nSPS) is 16.4. The molecule has 0 amide bonds. The lowest BCUT2D eigenvalue weighted by atomic mass is 10.2. The predicted molar refractivity (Wildman–Crippen MR) is 58.8 cm³/mol. The SMILES string of the molecule is Nc1cc(CC2CC2)nc2c(C(F)(F)F)cnn12. The summed E-state index contributed by atoms with van der Waals surface area (Å²) in [6, 6.07) is 1.60. The zero-order chi connectivity index (χ0) is 12.9. The van der Waals surface area contributed by atoms with Crippen LogP contribution < -0.4 is 5.73 Å². The van der Waals surface area contributed by atoms with Gasteiger partial charge in [0.2, 0.25) is 0 Å². The van der Waals surface area contributed by atoms with E-state index in [-0.39, 0.29) is 11.5 Å².